The van der Waals surface area contributed by atoms with Crippen LogP contribution in [0.1, 0.15) is 71.0 Å². The van der Waals surface area contributed by atoms with Crippen LogP contribution in [0.4, 0.5) is 5.95 Å². The number of carbonyl (C=O) groups is 1. The van der Waals surface area contributed by atoms with Gasteiger partial charge in [-0.25, -0.2) is 9.97 Å². The maximum Gasteiger partial charge on any atom is 0.273 e. The molecule has 1 atom stereocenters. The predicted octanol–water partition coefficient (Wildman–Crippen LogP) is 3.37. The van der Waals surface area contributed by atoms with E-state index < -0.39 is 0 Å². The van der Waals surface area contributed by atoms with Crippen LogP contribution in [0, 0.1) is 0 Å². The van der Waals surface area contributed by atoms with E-state index in [1.807, 2.05) is 4.90 Å². The summed E-state index contributed by atoms with van der Waals surface area (Å²) in [5, 5.41) is 0. The fourth-order valence-electron chi connectivity index (χ4n) is 4.66. The fourth-order valence-corrected chi connectivity index (χ4v) is 4.66. The summed E-state index contributed by atoms with van der Waals surface area (Å²) >= 11 is 0. The molecule has 2 aromatic rings. The molecule has 0 saturated carbocycles. The Labute approximate surface area is 173 Å². The number of nitrogens with zero attached hydrogens (tertiary/aromatic N) is 4. The number of aromatic nitrogens is 2. The van der Waals surface area contributed by atoms with Crippen LogP contribution >= 0.6 is 0 Å². The minimum atomic E-state index is 0.0133. The molecule has 6 nitrogen and oxygen atoms in total. The van der Waals surface area contributed by atoms with Crippen LogP contribution in [0.3, 0.4) is 0 Å². The second-order valence-corrected chi connectivity index (χ2v) is 8.55. The van der Waals surface area contributed by atoms with Gasteiger partial charge in [-0.15, -0.1) is 0 Å². The zero-order valence-electron chi connectivity index (χ0n) is 17.5. The van der Waals surface area contributed by atoms with Crippen molar-refractivity contribution in [2.45, 2.75) is 57.5 Å². The number of carbonyl (C=O) groups excluding carboxylic acids is 1. The topological polar surface area (TPSA) is 75.3 Å². The number of aryl methyl sites for hydroxylation is 1. The molecule has 1 fully saturated rings. The lowest BCUT2D eigenvalue weighted by molar-refractivity contribution is 0.0603. The van der Waals surface area contributed by atoms with Gasteiger partial charge < -0.3 is 15.5 Å². The number of amides is 1. The Kier molecular flexibility index (Phi) is 5.81. The highest BCUT2D eigenvalue weighted by molar-refractivity contribution is 5.94. The molecule has 6 heteroatoms. The smallest absolute Gasteiger partial charge is 0.273 e. The summed E-state index contributed by atoms with van der Waals surface area (Å²) in [6, 6.07) is 8.81. The summed E-state index contributed by atoms with van der Waals surface area (Å²) in [6.07, 6.45) is 7.09. The minimum absolute atomic E-state index is 0.0133. The standard InChI is InChI=1S/C23H31N5O/c1-27(2)15-16-10-12-17(13-11-16)20-9-5-6-14-28(20)22(29)21-18-7-3-4-8-19(18)25-23(24)26-21/h10-13,20H,3-9,14-15H2,1-2H3,(H2,24,25,26)/t20-/m0/s1. The Morgan fingerprint density at radius 1 is 1.10 bits per heavy atom. The summed E-state index contributed by atoms with van der Waals surface area (Å²) in [4.78, 5) is 26.6. The number of nitrogen functional groups attached to an aromatic ring is 1. The fraction of sp³-hybridized carbons (Fsp3) is 0.522. The van der Waals surface area contributed by atoms with E-state index in [4.69, 9.17) is 5.73 Å². The number of rotatable bonds is 4. The van der Waals surface area contributed by atoms with Crippen molar-refractivity contribution in [1.29, 1.82) is 0 Å². The van der Waals surface area contributed by atoms with Crippen LogP contribution in [-0.4, -0.2) is 46.3 Å². The Hall–Kier alpha value is -2.47. The molecule has 1 aliphatic carbocycles. The second kappa shape index (κ2) is 8.49. The van der Waals surface area contributed by atoms with Crippen molar-refractivity contribution in [3.8, 4) is 0 Å². The predicted molar refractivity (Wildman–Crippen MR) is 115 cm³/mol. The number of benzene rings is 1. The minimum Gasteiger partial charge on any atom is -0.368 e. The molecule has 2 aliphatic rings. The molecule has 1 aromatic heterocycles. The molecule has 1 aliphatic heterocycles. The van der Waals surface area contributed by atoms with Crippen molar-refractivity contribution in [2.75, 3.05) is 26.4 Å². The number of hydrogen-bond acceptors (Lipinski definition) is 5. The highest BCUT2D eigenvalue weighted by Crippen LogP contribution is 2.33. The number of anilines is 1. The van der Waals surface area contributed by atoms with Crippen LogP contribution in [-0.2, 0) is 19.4 Å². The van der Waals surface area contributed by atoms with Crippen LogP contribution in [0.25, 0.3) is 0 Å². The molecule has 4 rings (SSSR count). The summed E-state index contributed by atoms with van der Waals surface area (Å²) in [5.74, 6) is 0.231. The molecule has 1 aromatic carbocycles. The van der Waals surface area contributed by atoms with Crippen molar-refractivity contribution >= 4 is 11.9 Å². The van der Waals surface area contributed by atoms with E-state index in [9.17, 15) is 4.79 Å². The molecule has 2 N–H and O–H groups in total. The van der Waals surface area contributed by atoms with Gasteiger partial charge in [-0.3, -0.25) is 4.79 Å². The lowest BCUT2D eigenvalue weighted by Gasteiger charge is -2.36. The van der Waals surface area contributed by atoms with Crippen LogP contribution in [0.2, 0.25) is 0 Å². The summed E-state index contributed by atoms with van der Waals surface area (Å²) in [5.41, 5.74) is 11.0. The van der Waals surface area contributed by atoms with E-state index in [1.165, 1.54) is 11.1 Å². The lowest BCUT2D eigenvalue weighted by atomic mass is 9.91. The molecule has 0 bridgehead atoms. The van der Waals surface area contributed by atoms with E-state index in [0.29, 0.717) is 5.69 Å². The molecular weight excluding hydrogens is 362 g/mol. The first-order valence-electron chi connectivity index (χ1n) is 10.7. The van der Waals surface area contributed by atoms with Gasteiger partial charge in [-0.2, -0.15) is 0 Å². The molecule has 0 unspecified atom stereocenters. The van der Waals surface area contributed by atoms with Gasteiger partial charge in [0, 0.05) is 24.3 Å². The van der Waals surface area contributed by atoms with Crippen molar-refractivity contribution in [1.82, 2.24) is 19.8 Å². The van der Waals surface area contributed by atoms with E-state index in [0.717, 1.165) is 69.3 Å². The Morgan fingerprint density at radius 3 is 2.62 bits per heavy atom. The number of likely N-dealkylation sites (tertiary alicyclic amines) is 1. The van der Waals surface area contributed by atoms with E-state index in [2.05, 4.69) is 53.2 Å². The third-order valence-electron chi connectivity index (χ3n) is 6.03. The quantitative estimate of drug-likeness (QED) is 0.862. The van der Waals surface area contributed by atoms with Gasteiger partial charge in [-0.05, 0) is 70.2 Å². The van der Waals surface area contributed by atoms with Gasteiger partial charge in [0.1, 0.15) is 5.69 Å². The maximum absolute atomic E-state index is 13.6. The Morgan fingerprint density at radius 2 is 1.86 bits per heavy atom. The zero-order valence-corrected chi connectivity index (χ0v) is 17.5. The van der Waals surface area contributed by atoms with Crippen molar-refractivity contribution in [2.24, 2.45) is 0 Å². The second-order valence-electron chi connectivity index (χ2n) is 8.55. The van der Waals surface area contributed by atoms with E-state index in [-0.39, 0.29) is 17.9 Å². The first-order chi connectivity index (χ1) is 14.0. The van der Waals surface area contributed by atoms with Crippen molar-refractivity contribution < 1.29 is 4.79 Å². The third-order valence-corrected chi connectivity index (χ3v) is 6.03. The lowest BCUT2D eigenvalue weighted by Crippen LogP contribution is -2.39. The third kappa shape index (κ3) is 4.27. The molecule has 2 heterocycles. The molecule has 1 amide bonds. The summed E-state index contributed by atoms with van der Waals surface area (Å²) in [6.45, 7) is 1.68. The number of hydrogen-bond donors (Lipinski definition) is 1. The molecular formula is C23H31N5O. The number of fused-ring (bicyclic) bond motifs is 1. The van der Waals surface area contributed by atoms with E-state index >= 15 is 0 Å². The zero-order chi connectivity index (χ0) is 20.4. The molecule has 29 heavy (non-hydrogen) atoms. The molecule has 154 valence electrons. The highest BCUT2D eigenvalue weighted by atomic mass is 16.2. The van der Waals surface area contributed by atoms with Gasteiger partial charge in [0.15, 0.2) is 0 Å². The summed E-state index contributed by atoms with van der Waals surface area (Å²) < 4.78 is 0. The number of piperidine rings is 1. The van der Waals surface area contributed by atoms with Gasteiger partial charge in [0.05, 0.1) is 6.04 Å². The first kappa shape index (κ1) is 19.8. The Balaban J connectivity index is 1.63. The largest absolute Gasteiger partial charge is 0.368 e. The average molecular weight is 394 g/mol. The molecule has 0 radical (unpaired) electrons. The van der Waals surface area contributed by atoms with Crippen LogP contribution < -0.4 is 5.73 Å². The SMILES string of the molecule is CN(C)Cc1ccc([C@@H]2CCCCN2C(=O)c2nc(N)nc3c2CCCC3)cc1. The van der Waals surface area contributed by atoms with Gasteiger partial charge >= 0.3 is 0 Å². The van der Waals surface area contributed by atoms with Crippen molar-refractivity contribution in [3.05, 3.63) is 52.3 Å². The van der Waals surface area contributed by atoms with Gasteiger partial charge in [-0.1, -0.05) is 24.3 Å². The maximum atomic E-state index is 13.6. The van der Waals surface area contributed by atoms with E-state index in [1.54, 1.807) is 0 Å². The van der Waals surface area contributed by atoms with Gasteiger partial charge in [0.25, 0.3) is 5.91 Å². The number of nitrogens with two attached hydrogens (primary N) is 1. The van der Waals surface area contributed by atoms with Gasteiger partial charge in [0.2, 0.25) is 5.95 Å². The monoisotopic (exact) mass is 393 g/mol. The first-order valence-corrected chi connectivity index (χ1v) is 10.7. The molecule has 1 saturated heterocycles. The Bertz CT molecular complexity index is 878. The normalized spacial score (nSPS) is 19.3. The average Bonchev–Trinajstić information content (AvgIpc) is 2.73. The highest BCUT2D eigenvalue weighted by Gasteiger charge is 2.32. The molecule has 0 spiro atoms. The summed E-state index contributed by atoms with van der Waals surface area (Å²) in [7, 11) is 4.15. The van der Waals surface area contributed by atoms with Crippen LogP contribution in [0.5, 0.6) is 0 Å². The van der Waals surface area contributed by atoms with Crippen LogP contribution in [0.15, 0.2) is 24.3 Å². The van der Waals surface area contributed by atoms with Crippen molar-refractivity contribution in [3.63, 3.8) is 0 Å².